The van der Waals surface area contributed by atoms with Crippen molar-refractivity contribution < 1.29 is 0 Å². The van der Waals surface area contributed by atoms with Crippen LogP contribution in [0.2, 0.25) is 0 Å². The molecule has 1 heterocycles. The molecule has 72 valence electrons. The first-order valence-electron chi connectivity index (χ1n) is 4.75. The average Bonchev–Trinajstić information content (AvgIpc) is 2.30. The molecule has 1 aromatic carbocycles. The molecule has 1 heteroatoms. The molecule has 0 unspecified atom stereocenters. The van der Waals surface area contributed by atoms with E-state index in [9.17, 15) is 0 Å². The maximum absolute atomic E-state index is 4.18. The van der Waals surface area contributed by atoms with Gasteiger partial charge in [0.15, 0.2) is 0 Å². The van der Waals surface area contributed by atoms with Crippen LogP contribution < -0.4 is 0 Å². The summed E-state index contributed by atoms with van der Waals surface area (Å²) < 4.78 is 0. The van der Waals surface area contributed by atoms with Crippen LogP contribution in [-0.2, 0) is 0 Å². The van der Waals surface area contributed by atoms with Gasteiger partial charge in [0.25, 0.3) is 0 Å². The van der Waals surface area contributed by atoms with E-state index in [0.29, 0.717) is 0 Å². The van der Waals surface area contributed by atoms with Crippen molar-refractivity contribution in [2.24, 2.45) is 0 Å². The Morgan fingerprint density at radius 1 is 0.929 bits per heavy atom. The molecule has 0 spiro atoms. The van der Waals surface area contributed by atoms with E-state index in [4.69, 9.17) is 0 Å². The first-order chi connectivity index (χ1) is 6.88. The summed E-state index contributed by atoms with van der Waals surface area (Å²) in [7, 11) is 0. The van der Waals surface area contributed by atoms with Gasteiger partial charge < -0.3 is 0 Å². The lowest BCUT2D eigenvalue weighted by molar-refractivity contribution is 1.41. The highest BCUT2D eigenvalue weighted by atomic mass is 14.6. The first kappa shape index (κ1) is 10.5. The number of fused-ring (bicyclic) bond motifs is 1. The first-order valence-corrected chi connectivity index (χ1v) is 4.75. The van der Waals surface area contributed by atoms with E-state index >= 15 is 0 Å². The Bertz CT molecular complexity index is 335. The van der Waals surface area contributed by atoms with Crippen LogP contribution in [0.3, 0.4) is 0 Å². The summed E-state index contributed by atoms with van der Waals surface area (Å²) in [5, 5.41) is 1.20. The second-order valence-electron chi connectivity index (χ2n) is 2.86. The predicted molar refractivity (Wildman–Crippen MR) is 62.2 cm³/mol. The third-order valence-corrected chi connectivity index (χ3v) is 1.85. The number of hydrogen-bond donors (Lipinski definition) is 0. The molecule has 0 aliphatic carbocycles. The van der Waals surface area contributed by atoms with Crippen LogP contribution in [0.5, 0.6) is 0 Å². The zero-order valence-electron chi connectivity index (χ0n) is 8.64. The standard InChI is InChI=1S/C9H7N.C4H8/c1-2-6-9-8(4-1)5-3-7-10-9;1-3-4-2/h1-7H;3-4H,1-2H3. The van der Waals surface area contributed by atoms with Gasteiger partial charge in [-0.1, -0.05) is 36.4 Å². The van der Waals surface area contributed by atoms with Crippen molar-refractivity contribution >= 4 is 10.9 Å². The van der Waals surface area contributed by atoms with Crippen LogP contribution in [0, 0.1) is 0 Å². The highest BCUT2D eigenvalue weighted by Gasteiger charge is 1.86. The van der Waals surface area contributed by atoms with Gasteiger partial charge in [-0.2, -0.15) is 0 Å². The average molecular weight is 185 g/mol. The molecule has 0 amide bonds. The fourth-order valence-corrected chi connectivity index (χ4v) is 1.02. The lowest BCUT2D eigenvalue weighted by Crippen LogP contribution is -1.73. The monoisotopic (exact) mass is 185 g/mol. The van der Waals surface area contributed by atoms with Crippen molar-refractivity contribution in [1.29, 1.82) is 0 Å². The minimum atomic E-state index is 1.06. The number of hydrogen-bond acceptors (Lipinski definition) is 1. The molecule has 2 aromatic rings. The smallest absolute Gasteiger partial charge is 0.0701 e. The van der Waals surface area contributed by atoms with E-state index in [-0.39, 0.29) is 0 Å². The zero-order valence-corrected chi connectivity index (χ0v) is 8.64. The minimum Gasteiger partial charge on any atom is -0.256 e. The predicted octanol–water partition coefficient (Wildman–Crippen LogP) is 3.82. The molecule has 0 aliphatic rings. The van der Waals surface area contributed by atoms with Crippen molar-refractivity contribution in [2.75, 3.05) is 0 Å². The molecule has 0 saturated carbocycles. The van der Waals surface area contributed by atoms with E-state index in [1.165, 1.54) is 5.39 Å². The largest absolute Gasteiger partial charge is 0.256 e. The van der Waals surface area contributed by atoms with Gasteiger partial charge in [-0.3, -0.25) is 4.98 Å². The molecule has 0 radical (unpaired) electrons. The number of allylic oxidation sites excluding steroid dienone is 2. The highest BCUT2D eigenvalue weighted by molar-refractivity contribution is 5.77. The highest BCUT2D eigenvalue weighted by Crippen LogP contribution is 2.07. The molecule has 2 rings (SSSR count). The Morgan fingerprint density at radius 3 is 2.21 bits per heavy atom. The number of pyridine rings is 1. The third-order valence-electron chi connectivity index (χ3n) is 1.85. The van der Waals surface area contributed by atoms with Crippen LogP contribution in [0.1, 0.15) is 13.8 Å². The summed E-state index contributed by atoms with van der Waals surface area (Å²) >= 11 is 0. The van der Waals surface area contributed by atoms with Crippen molar-refractivity contribution in [3.8, 4) is 0 Å². The van der Waals surface area contributed by atoms with Gasteiger partial charge in [0.05, 0.1) is 5.52 Å². The van der Waals surface area contributed by atoms with Crippen molar-refractivity contribution in [3.05, 3.63) is 54.7 Å². The summed E-state index contributed by atoms with van der Waals surface area (Å²) in [5.41, 5.74) is 1.06. The Morgan fingerprint density at radius 2 is 1.57 bits per heavy atom. The lowest BCUT2D eigenvalue weighted by Gasteiger charge is -1.91. The quantitative estimate of drug-likeness (QED) is 0.568. The SMILES string of the molecule is CC=CC.c1ccc2ncccc2c1. The molecule has 0 aliphatic heterocycles. The van der Waals surface area contributed by atoms with Crippen molar-refractivity contribution in [1.82, 2.24) is 4.98 Å². The van der Waals surface area contributed by atoms with E-state index in [1.54, 1.807) is 0 Å². The number of nitrogens with zero attached hydrogens (tertiary/aromatic N) is 1. The van der Waals surface area contributed by atoms with Gasteiger partial charge in [0.2, 0.25) is 0 Å². The summed E-state index contributed by atoms with van der Waals surface area (Å²) in [6.45, 7) is 4.00. The second kappa shape index (κ2) is 5.92. The van der Waals surface area contributed by atoms with Gasteiger partial charge in [-0.25, -0.2) is 0 Å². The Kier molecular flexibility index (Phi) is 4.42. The van der Waals surface area contributed by atoms with Crippen LogP contribution in [0.15, 0.2) is 54.7 Å². The normalized spacial score (nSPS) is 9.86. The van der Waals surface area contributed by atoms with Crippen LogP contribution in [0.4, 0.5) is 0 Å². The third kappa shape index (κ3) is 3.02. The Balaban J connectivity index is 0.000000213. The molecule has 0 bridgehead atoms. The molecular formula is C13H15N. The summed E-state index contributed by atoms with van der Waals surface area (Å²) in [6, 6.07) is 12.1. The maximum Gasteiger partial charge on any atom is 0.0701 e. The Labute approximate surface area is 85.1 Å². The molecule has 0 fully saturated rings. The summed E-state index contributed by atoms with van der Waals surface area (Å²) in [5.74, 6) is 0. The summed E-state index contributed by atoms with van der Waals surface area (Å²) in [6.07, 6.45) is 5.81. The number of benzene rings is 1. The molecular weight excluding hydrogens is 170 g/mol. The van der Waals surface area contributed by atoms with Gasteiger partial charge in [0, 0.05) is 11.6 Å². The molecule has 0 atom stereocenters. The molecule has 1 aromatic heterocycles. The van der Waals surface area contributed by atoms with Crippen LogP contribution in [0.25, 0.3) is 10.9 Å². The van der Waals surface area contributed by atoms with Gasteiger partial charge >= 0.3 is 0 Å². The lowest BCUT2D eigenvalue weighted by atomic mass is 10.2. The molecule has 0 N–H and O–H groups in total. The summed E-state index contributed by atoms with van der Waals surface area (Å²) in [4.78, 5) is 4.18. The van der Waals surface area contributed by atoms with E-state index in [2.05, 4.69) is 17.1 Å². The van der Waals surface area contributed by atoms with Gasteiger partial charge in [0.1, 0.15) is 0 Å². The fraction of sp³-hybridized carbons (Fsp3) is 0.154. The van der Waals surface area contributed by atoms with Gasteiger partial charge in [-0.15, -0.1) is 0 Å². The van der Waals surface area contributed by atoms with Crippen LogP contribution in [-0.4, -0.2) is 4.98 Å². The topological polar surface area (TPSA) is 12.9 Å². The minimum absolute atomic E-state index is 1.06. The molecule has 14 heavy (non-hydrogen) atoms. The van der Waals surface area contributed by atoms with Crippen molar-refractivity contribution in [3.63, 3.8) is 0 Å². The molecule has 0 saturated heterocycles. The number of para-hydroxylation sites is 1. The van der Waals surface area contributed by atoms with E-state index in [1.807, 2.05) is 56.5 Å². The van der Waals surface area contributed by atoms with E-state index < -0.39 is 0 Å². The Hall–Kier alpha value is -1.63. The second-order valence-corrected chi connectivity index (χ2v) is 2.86. The fourth-order valence-electron chi connectivity index (χ4n) is 1.02. The van der Waals surface area contributed by atoms with Crippen molar-refractivity contribution in [2.45, 2.75) is 13.8 Å². The number of aromatic nitrogens is 1. The van der Waals surface area contributed by atoms with E-state index in [0.717, 1.165) is 5.52 Å². The van der Waals surface area contributed by atoms with Gasteiger partial charge in [-0.05, 0) is 26.0 Å². The maximum atomic E-state index is 4.18. The molecule has 1 nitrogen and oxygen atoms in total. The zero-order chi connectivity index (χ0) is 10.2. The van der Waals surface area contributed by atoms with Crippen LogP contribution >= 0.6 is 0 Å². The number of rotatable bonds is 0.